The minimum absolute atomic E-state index is 0.218. The Balaban J connectivity index is 1.67. The third kappa shape index (κ3) is 4.27. The van der Waals surface area contributed by atoms with Crippen LogP contribution in [0.25, 0.3) is 0 Å². The van der Waals surface area contributed by atoms with Crippen LogP contribution in [0.15, 0.2) is 0 Å². The summed E-state index contributed by atoms with van der Waals surface area (Å²) < 4.78 is 0. The summed E-state index contributed by atoms with van der Waals surface area (Å²) in [6.07, 6.45) is 4.29. The van der Waals surface area contributed by atoms with Crippen LogP contribution in [0.4, 0.5) is 4.79 Å². The van der Waals surface area contributed by atoms with E-state index in [1.807, 2.05) is 7.05 Å². The number of urea groups is 1. The van der Waals surface area contributed by atoms with Crippen LogP contribution in [0.3, 0.4) is 0 Å². The van der Waals surface area contributed by atoms with Crippen LogP contribution in [-0.2, 0) is 4.79 Å². The molecule has 0 aromatic heterocycles. The van der Waals surface area contributed by atoms with Gasteiger partial charge < -0.3 is 10.6 Å². The molecule has 3 amide bonds. The molecule has 0 aromatic rings. The number of hydrogen-bond donors (Lipinski definition) is 3. The van der Waals surface area contributed by atoms with E-state index in [4.69, 9.17) is 0 Å². The lowest BCUT2D eigenvalue weighted by Crippen LogP contribution is -2.50. The van der Waals surface area contributed by atoms with Gasteiger partial charge in [-0.25, -0.2) is 4.79 Å². The molecule has 102 valence electrons. The van der Waals surface area contributed by atoms with Gasteiger partial charge in [-0.15, -0.1) is 0 Å². The molecule has 0 radical (unpaired) electrons. The van der Waals surface area contributed by atoms with Gasteiger partial charge in [-0.1, -0.05) is 0 Å². The zero-order valence-electron chi connectivity index (χ0n) is 10.9. The van der Waals surface area contributed by atoms with Gasteiger partial charge in [0.15, 0.2) is 0 Å². The van der Waals surface area contributed by atoms with Gasteiger partial charge >= 0.3 is 6.03 Å². The summed E-state index contributed by atoms with van der Waals surface area (Å²) in [6, 6.07) is 0.373. The first-order valence-electron chi connectivity index (χ1n) is 6.67. The van der Waals surface area contributed by atoms with Crippen LogP contribution in [0.5, 0.6) is 0 Å². The lowest BCUT2D eigenvalue weighted by Gasteiger charge is -2.31. The Hall–Kier alpha value is -1.14. The molecule has 3 N–H and O–H groups in total. The molecule has 2 aliphatic rings. The summed E-state index contributed by atoms with van der Waals surface area (Å²) in [6.45, 7) is 2.10. The van der Waals surface area contributed by atoms with Crippen LogP contribution in [-0.4, -0.2) is 55.6 Å². The van der Waals surface area contributed by atoms with Crippen molar-refractivity contribution in [1.82, 2.24) is 20.9 Å². The lowest BCUT2D eigenvalue weighted by atomic mass is 10.1. The van der Waals surface area contributed by atoms with Crippen LogP contribution >= 0.6 is 0 Å². The van der Waals surface area contributed by atoms with Crippen molar-refractivity contribution < 1.29 is 9.59 Å². The lowest BCUT2D eigenvalue weighted by molar-refractivity contribution is -0.121. The molecule has 6 heteroatoms. The highest BCUT2D eigenvalue weighted by Gasteiger charge is 2.25. The van der Waals surface area contributed by atoms with E-state index in [1.54, 1.807) is 0 Å². The molecule has 2 rings (SSSR count). The average Bonchev–Trinajstić information content (AvgIpc) is 3.12. The van der Waals surface area contributed by atoms with Crippen LogP contribution in [0.2, 0.25) is 0 Å². The molecule has 1 aliphatic heterocycles. The quantitative estimate of drug-likeness (QED) is 0.641. The number of likely N-dealkylation sites (tertiary alicyclic amines) is 1. The number of likely N-dealkylation sites (N-methyl/N-ethyl adjacent to an activating group) is 1. The molecule has 0 aromatic carbocycles. The Labute approximate surface area is 107 Å². The highest BCUT2D eigenvalue weighted by Crippen LogP contribution is 2.18. The van der Waals surface area contributed by atoms with E-state index in [-0.39, 0.29) is 18.0 Å². The first-order valence-corrected chi connectivity index (χ1v) is 6.67. The van der Waals surface area contributed by atoms with Crippen molar-refractivity contribution >= 4 is 11.9 Å². The summed E-state index contributed by atoms with van der Waals surface area (Å²) >= 11 is 0. The van der Waals surface area contributed by atoms with Gasteiger partial charge in [-0.3, -0.25) is 15.0 Å². The Bertz CT molecular complexity index is 317. The maximum atomic E-state index is 11.7. The maximum absolute atomic E-state index is 11.7. The number of rotatable bonds is 4. The number of amides is 3. The standard InChI is InChI=1S/C12H22N4O2/c1-13-10-3-2-6-16(7-10)8-11(17)15-12(18)14-9-4-5-9/h9-10,13H,2-8H2,1H3,(H2,14,15,17,18). The van der Waals surface area contributed by atoms with Crippen molar-refractivity contribution in [1.29, 1.82) is 0 Å². The van der Waals surface area contributed by atoms with Crippen LogP contribution < -0.4 is 16.0 Å². The second-order valence-electron chi connectivity index (χ2n) is 5.16. The number of hydrogen-bond acceptors (Lipinski definition) is 4. The van der Waals surface area contributed by atoms with E-state index < -0.39 is 0 Å². The Kier molecular flexibility index (Phi) is 4.54. The number of imide groups is 1. The number of carbonyl (C=O) groups excluding carboxylic acids is 2. The zero-order chi connectivity index (χ0) is 13.0. The predicted molar refractivity (Wildman–Crippen MR) is 68.2 cm³/mol. The summed E-state index contributed by atoms with van der Waals surface area (Å²) in [4.78, 5) is 25.2. The molecular weight excluding hydrogens is 232 g/mol. The zero-order valence-corrected chi connectivity index (χ0v) is 10.9. The fraction of sp³-hybridized carbons (Fsp3) is 0.833. The third-order valence-corrected chi connectivity index (χ3v) is 3.45. The van der Waals surface area contributed by atoms with Crippen molar-refractivity contribution in [2.45, 2.75) is 37.8 Å². The van der Waals surface area contributed by atoms with E-state index in [1.165, 1.54) is 0 Å². The molecule has 0 bridgehead atoms. The smallest absolute Gasteiger partial charge is 0.321 e. The molecule has 1 unspecified atom stereocenters. The van der Waals surface area contributed by atoms with E-state index >= 15 is 0 Å². The Morgan fingerprint density at radius 3 is 2.67 bits per heavy atom. The van der Waals surface area contributed by atoms with Gasteiger partial charge in [0.1, 0.15) is 0 Å². The van der Waals surface area contributed by atoms with E-state index in [9.17, 15) is 9.59 Å². The molecule has 1 heterocycles. The summed E-state index contributed by atoms with van der Waals surface area (Å²) in [5.41, 5.74) is 0. The first kappa shape index (κ1) is 13.3. The van der Waals surface area contributed by atoms with E-state index in [2.05, 4.69) is 20.9 Å². The van der Waals surface area contributed by atoms with Crippen molar-refractivity contribution in [3.8, 4) is 0 Å². The average molecular weight is 254 g/mol. The Morgan fingerprint density at radius 2 is 2.00 bits per heavy atom. The van der Waals surface area contributed by atoms with Crippen molar-refractivity contribution in [2.24, 2.45) is 0 Å². The summed E-state index contributed by atoms with van der Waals surface area (Å²) in [5, 5.41) is 8.35. The number of nitrogens with zero attached hydrogens (tertiary/aromatic N) is 1. The normalized spacial score (nSPS) is 24.6. The summed E-state index contributed by atoms with van der Waals surface area (Å²) in [7, 11) is 1.94. The molecular formula is C12H22N4O2. The monoisotopic (exact) mass is 254 g/mol. The summed E-state index contributed by atoms with van der Waals surface area (Å²) in [5.74, 6) is -0.218. The van der Waals surface area contributed by atoms with Crippen molar-refractivity contribution in [3.05, 3.63) is 0 Å². The molecule has 18 heavy (non-hydrogen) atoms. The molecule has 2 fully saturated rings. The van der Waals surface area contributed by atoms with Crippen LogP contribution in [0.1, 0.15) is 25.7 Å². The third-order valence-electron chi connectivity index (χ3n) is 3.45. The van der Waals surface area contributed by atoms with E-state index in [0.29, 0.717) is 12.6 Å². The molecule has 6 nitrogen and oxygen atoms in total. The largest absolute Gasteiger partial charge is 0.335 e. The van der Waals surface area contributed by atoms with Crippen LogP contribution in [0, 0.1) is 0 Å². The van der Waals surface area contributed by atoms with Gasteiger partial charge in [0, 0.05) is 18.6 Å². The minimum atomic E-state index is -0.357. The fourth-order valence-corrected chi connectivity index (χ4v) is 2.25. The topological polar surface area (TPSA) is 73.5 Å². The number of piperidine rings is 1. The molecule has 1 atom stereocenters. The fourth-order valence-electron chi connectivity index (χ4n) is 2.25. The van der Waals surface area contributed by atoms with Gasteiger partial charge in [-0.2, -0.15) is 0 Å². The predicted octanol–water partition coefficient (Wildman–Crippen LogP) is -0.342. The minimum Gasteiger partial charge on any atom is -0.335 e. The SMILES string of the molecule is CNC1CCCN(CC(=O)NC(=O)NC2CC2)C1. The number of nitrogens with one attached hydrogen (secondary N) is 3. The highest BCUT2D eigenvalue weighted by atomic mass is 16.2. The van der Waals surface area contributed by atoms with Gasteiger partial charge in [0.25, 0.3) is 0 Å². The first-order chi connectivity index (χ1) is 8.67. The Morgan fingerprint density at radius 1 is 1.22 bits per heavy atom. The molecule has 1 saturated heterocycles. The second-order valence-corrected chi connectivity index (χ2v) is 5.16. The van der Waals surface area contributed by atoms with Gasteiger partial charge in [0.2, 0.25) is 5.91 Å². The van der Waals surface area contributed by atoms with E-state index in [0.717, 1.165) is 38.8 Å². The van der Waals surface area contributed by atoms with Gasteiger partial charge in [-0.05, 0) is 39.3 Å². The number of carbonyl (C=O) groups is 2. The molecule has 1 aliphatic carbocycles. The van der Waals surface area contributed by atoms with Crippen molar-refractivity contribution in [2.75, 3.05) is 26.7 Å². The highest BCUT2D eigenvalue weighted by molar-refractivity contribution is 5.95. The molecule has 0 spiro atoms. The maximum Gasteiger partial charge on any atom is 0.321 e. The van der Waals surface area contributed by atoms with Crippen molar-refractivity contribution in [3.63, 3.8) is 0 Å². The second kappa shape index (κ2) is 6.15. The molecule has 1 saturated carbocycles. The van der Waals surface area contributed by atoms with Gasteiger partial charge in [0.05, 0.1) is 6.54 Å².